The molecule has 0 saturated heterocycles. The molecule has 0 bridgehead atoms. The number of halogens is 2. The Labute approximate surface area is 165 Å². The van der Waals surface area contributed by atoms with Crippen molar-refractivity contribution in [2.24, 2.45) is 0 Å². The Kier molecular flexibility index (Phi) is 5.61. The molecule has 0 saturated carbocycles. The van der Waals surface area contributed by atoms with Crippen LogP contribution in [0.15, 0.2) is 59.1 Å². The summed E-state index contributed by atoms with van der Waals surface area (Å²) >= 11 is 13.2. The first-order chi connectivity index (χ1) is 12.4. The highest BCUT2D eigenvalue weighted by Gasteiger charge is 2.34. The lowest BCUT2D eigenvalue weighted by Crippen LogP contribution is -2.27. The molecular formula is C19H15Cl2NO3S. The van der Waals surface area contributed by atoms with Gasteiger partial charge in [-0.1, -0.05) is 53.5 Å². The average molecular weight is 408 g/mol. The molecule has 4 nitrogen and oxygen atoms in total. The number of nitrogens with zero attached hydrogens (tertiary/aromatic N) is 1. The highest BCUT2D eigenvalue weighted by Crippen LogP contribution is 2.48. The SMILES string of the molecule is CN(C(=O)c1ccc(Cl)c(Cl)c1)C1=C(C(=O)O)SC(c2ccccc2)C1. The number of carbonyl (C=O) groups excluding carboxylic acids is 1. The van der Waals surface area contributed by atoms with Gasteiger partial charge in [-0.25, -0.2) is 4.79 Å². The van der Waals surface area contributed by atoms with E-state index in [9.17, 15) is 14.7 Å². The summed E-state index contributed by atoms with van der Waals surface area (Å²) in [5.74, 6) is -1.36. The number of carbonyl (C=O) groups is 2. The van der Waals surface area contributed by atoms with Crippen molar-refractivity contribution in [1.82, 2.24) is 4.90 Å². The van der Waals surface area contributed by atoms with Gasteiger partial charge in [-0.05, 0) is 23.8 Å². The minimum atomic E-state index is -1.03. The minimum Gasteiger partial charge on any atom is -0.477 e. The minimum absolute atomic E-state index is 0.0404. The summed E-state index contributed by atoms with van der Waals surface area (Å²) in [7, 11) is 1.58. The normalized spacial score (nSPS) is 16.7. The molecular weight excluding hydrogens is 393 g/mol. The van der Waals surface area contributed by atoms with E-state index in [4.69, 9.17) is 23.2 Å². The first-order valence-corrected chi connectivity index (χ1v) is 9.43. The summed E-state index contributed by atoms with van der Waals surface area (Å²) in [4.78, 5) is 26.1. The van der Waals surface area contributed by atoms with Crippen molar-refractivity contribution < 1.29 is 14.7 Å². The lowest BCUT2D eigenvalue weighted by atomic mass is 10.1. The Morgan fingerprint density at radius 3 is 2.42 bits per heavy atom. The van der Waals surface area contributed by atoms with Crippen molar-refractivity contribution in [3.8, 4) is 0 Å². The first kappa shape index (κ1) is 18.8. The predicted molar refractivity (Wildman–Crippen MR) is 105 cm³/mol. The second-order valence-electron chi connectivity index (χ2n) is 5.80. The predicted octanol–water partition coefficient (Wildman–Crippen LogP) is 5.24. The summed E-state index contributed by atoms with van der Waals surface area (Å²) in [6, 6.07) is 14.3. The van der Waals surface area contributed by atoms with Gasteiger partial charge in [0.25, 0.3) is 5.91 Å². The molecule has 0 fully saturated rings. The zero-order chi connectivity index (χ0) is 18.8. The van der Waals surface area contributed by atoms with Gasteiger partial charge in [-0.2, -0.15) is 0 Å². The van der Waals surface area contributed by atoms with Crippen LogP contribution < -0.4 is 0 Å². The Bertz CT molecular complexity index is 899. The molecule has 3 rings (SSSR count). The Balaban J connectivity index is 1.89. The summed E-state index contributed by atoms with van der Waals surface area (Å²) in [6.07, 6.45) is 0.458. The lowest BCUT2D eigenvalue weighted by molar-refractivity contribution is -0.131. The number of carboxylic acid groups (broad SMARTS) is 1. The quantitative estimate of drug-likeness (QED) is 0.752. The topological polar surface area (TPSA) is 57.6 Å². The van der Waals surface area contributed by atoms with E-state index < -0.39 is 5.97 Å². The van der Waals surface area contributed by atoms with E-state index in [2.05, 4.69) is 0 Å². The van der Waals surface area contributed by atoms with Gasteiger partial charge in [0, 0.05) is 30.0 Å². The number of rotatable bonds is 4. The molecule has 1 atom stereocenters. The van der Waals surface area contributed by atoms with E-state index in [1.807, 2.05) is 30.3 Å². The van der Waals surface area contributed by atoms with Gasteiger partial charge in [0.15, 0.2) is 0 Å². The van der Waals surface area contributed by atoms with Crippen LogP contribution in [0.2, 0.25) is 10.0 Å². The third-order valence-electron chi connectivity index (χ3n) is 4.14. The molecule has 1 amide bonds. The van der Waals surface area contributed by atoms with Crippen LogP contribution in [-0.4, -0.2) is 28.9 Å². The van der Waals surface area contributed by atoms with Crippen molar-refractivity contribution in [3.05, 3.63) is 80.3 Å². The van der Waals surface area contributed by atoms with E-state index in [1.165, 1.54) is 22.7 Å². The number of benzene rings is 2. The number of amides is 1. The van der Waals surface area contributed by atoms with E-state index in [1.54, 1.807) is 19.2 Å². The molecule has 0 aliphatic carbocycles. The smallest absolute Gasteiger partial charge is 0.343 e. The largest absolute Gasteiger partial charge is 0.477 e. The zero-order valence-electron chi connectivity index (χ0n) is 13.8. The van der Waals surface area contributed by atoms with Crippen LogP contribution in [0.1, 0.15) is 27.6 Å². The van der Waals surface area contributed by atoms with Crippen LogP contribution >= 0.6 is 35.0 Å². The molecule has 0 spiro atoms. The third-order valence-corrected chi connectivity index (χ3v) is 6.25. The number of thioether (sulfide) groups is 1. The molecule has 1 aliphatic heterocycles. The maximum atomic E-state index is 12.8. The van der Waals surface area contributed by atoms with E-state index in [0.717, 1.165) is 5.56 Å². The number of aliphatic carboxylic acids is 1. The van der Waals surface area contributed by atoms with Crippen molar-refractivity contribution in [2.45, 2.75) is 11.7 Å². The summed E-state index contributed by atoms with van der Waals surface area (Å²) in [5.41, 5.74) is 1.88. The second-order valence-corrected chi connectivity index (χ2v) is 7.82. The molecule has 7 heteroatoms. The molecule has 0 aromatic heterocycles. The van der Waals surface area contributed by atoms with Crippen LogP contribution in [0.3, 0.4) is 0 Å². The van der Waals surface area contributed by atoms with Crippen LogP contribution in [0.25, 0.3) is 0 Å². The monoisotopic (exact) mass is 407 g/mol. The van der Waals surface area contributed by atoms with Crippen LogP contribution in [0.4, 0.5) is 0 Å². The van der Waals surface area contributed by atoms with Gasteiger partial charge in [0.1, 0.15) is 4.91 Å². The maximum Gasteiger partial charge on any atom is 0.343 e. The van der Waals surface area contributed by atoms with Gasteiger partial charge in [-0.15, -0.1) is 11.8 Å². The fourth-order valence-electron chi connectivity index (χ4n) is 2.78. The fourth-order valence-corrected chi connectivity index (χ4v) is 4.36. The molecule has 1 aliphatic rings. The standard InChI is InChI=1S/C19H15Cl2NO3S/c1-22(18(23)12-7-8-13(20)14(21)9-12)15-10-16(26-17(15)19(24)25)11-5-3-2-4-6-11/h2-9,16H,10H2,1H3,(H,24,25). The van der Waals surface area contributed by atoms with E-state index in [0.29, 0.717) is 22.7 Å². The van der Waals surface area contributed by atoms with Crippen molar-refractivity contribution >= 4 is 46.8 Å². The summed E-state index contributed by atoms with van der Waals surface area (Å²) < 4.78 is 0. The second kappa shape index (κ2) is 7.74. The summed E-state index contributed by atoms with van der Waals surface area (Å²) in [6.45, 7) is 0. The summed E-state index contributed by atoms with van der Waals surface area (Å²) in [5, 5.41) is 10.2. The maximum absolute atomic E-state index is 12.8. The van der Waals surface area contributed by atoms with Gasteiger partial charge in [0.2, 0.25) is 0 Å². The van der Waals surface area contributed by atoms with Crippen molar-refractivity contribution in [3.63, 3.8) is 0 Å². The Morgan fingerprint density at radius 2 is 1.81 bits per heavy atom. The van der Waals surface area contributed by atoms with Crippen molar-refractivity contribution in [2.75, 3.05) is 7.05 Å². The lowest BCUT2D eigenvalue weighted by Gasteiger charge is -2.20. The van der Waals surface area contributed by atoms with Crippen LogP contribution in [0.5, 0.6) is 0 Å². The highest BCUT2D eigenvalue weighted by molar-refractivity contribution is 8.04. The van der Waals surface area contributed by atoms with Gasteiger partial charge < -0.3 is 10.0 Å². The first-order valence-electron chi connectivity index (χ1n) is 7.79. The molecule has 1 unspecified atom stereocenters. The fraction of sp³-hybridized carbons (Fsp3) is 0.158. The molecule has 2 aromatic carbocycles. The number of hydrogen-bond donors (Lipinski definition) is 1. The Hall–Kier alpha value is -1.95. The molecule has 0 radical (unpaired) electrons. The van der Waals surface area contributed by atoms with Gasteiger partial charge >= 0.3 is 5.97 Å². The number of allylic oxidation sites excluding steroid dienone is 1. The van der Waals surface area contributed by atoms with Crippen LogP contribution in [-0.2, 0) is 4.79 Å². The molecule has 26 heavy (non-hydrogen) atoms. The van der Waals surface area contributed by atoms with Gasteiger partial charge in [0.05, 0.1) is 10.0 Å². The molecule has 134 valence electrons. The highest BCUT2D eigenvalue weighted by atomic mass is 35.5. The van der Waals surface area contributed by atoms with Crippen molar-refractivity contribution in [1.29, 1.82) is 0 Å². The van der Waals surface area contributed by atoms with E-state index in [-0.39, 0.29) is 21.1 Å². The number of carboxylic acids is 1. The molecule has 1 heterocycles. The number of hydrogen-bond acceptors (Lipinski definition) is 3. The Morgan fingerprint density at radius 1 is 1.12 bits per heavy atom. The molecule has 1 N–H and O–H groups in total. The zero-order valence-corrected chi connectivity index (χ0v) is 16.1. The van der Waals surface area contributed by atoms with Gasteiger partial charge in [-0.3, -0.25) is 4.79 Å². The van der Waals surface area contributed by atoms with E-state index >= 15 is 0 Å². The average Bonchev–Trinajstić information content (AvgIpc) is 3.09. The molecule has 2 aromatic rings. The third kappa shape index (κ3) is 3.75. The van der Waals surface area contributed by atoms with Crippen LogP contribution in [0, 0.1) is 0 Å².